The minimum atomic E-state index is -3.18. The predicted molar refractivity (Wildman–Crippen MR) is 115 cm³/mol. The van der Waals surface area contributed by atoms with Gasteiger partial charge in [-0.15, -0.1) is 0 Å². The fraction of sp³-hybridized carbons (Fsp3) is 0.619. The van der Waals surface area contributed by atoms with E-state index in [0.717, 1.165) is 12.2 Å². The van der Waals surface area contributed by atoms with Crippen molar-refractivity contribution in [2.24, 2.45) is 11.5 Å². The summed E-state index contributed by atoms with van der Waals surface area (Å²) >= 11 is 0. The Bertz CT molecular complexity index is 431. The first kappa shape index (κ1) is 33.8. The van der Waals surface area contributed by atoms with Crippen LogP contribution in [0.5, 0.6) is 0 Å². The van der Waals surface area contributed by atoms with Crippen molar-refractivity contribution in [3.8, 4) is 0 Å². The lowest BCUT2D eigenvalue weighted by atomic mass is 10.1. The first-order valence-electron chi connectivity index (χ1n) is 9.37. The number of nitrogens with two attached hydrogens (primary N) is 2. The summed E-state index contributed by atoms with van der Waals surface area (Å²) in [5.74, 6) is -2.26. The second-order valence-corrected chi connectivity index (χ2v) is 4.83. The molecule has 0 spiro atoms. The van der Waals surface area contributed by atoms with Crippen LogP contribution in [0.25, 0.3) is 0 Å². The molecule has 0 rings (SSSR count). The van der Waals surface area contributed by atoms with Gasteiger partial charge in [-0.2, -0.15) is 8.78 Å². The molecule has 0 aliphatic heterocycles. The van der Waals surface area contributed by atoms with E-state index in [1.54, 1.807) is 14.0 Å². The standard InChI is InChI=1S/C10H15F2NO.C7H15NO.C2H5F.C2H6/c1-4-7-8(14-6-3)9(13)10(11,12)5-2;1-4-6(2)7(5-8)9-3;1-2-3;1-2/h4-5,7,9H,1-2,6,13H2,3H3;4-5,8H2,1-3H3;2H2,1H3;1-2H3/b8-7-;7-6-;;. The molecule has 0 aromatic carbocycles. The molecule has 4 N–H and O–H groups in total. The van der Waals surface area contributed by atoms with Crippen LogP contribution in [0, 0.1) is 0 Å². The Morgan fingerprint density at radius 1 is 1.18 bits per heavy atom. The number of alkyl halides is 3. The molecular weight excluding hydrogens is 369 g/mol. The average Bonchev–Trinajstić information content (AvgIpc) is 2.70. The molecule has 0 amide bonds. The van der Waals surface area contributed by atoms with Crippen molar-refractivity contribution < 1.29 is 22.6 Å². The van der Waals surface area contributed by atoms with Crippen molar-refractivity contribution in [1.82, 2.24) is 0 Å². The molecule has 0 heterocycles. The Labute approximate surface area is 170 Å². The predicted octanol–water partition coefficient (Wildman–Crippen LogP) is 5.52. The zero-order chi connectivity index (χ0) is 23.2. The third kappa shape index (κ3) is 17.7. The van der Waals surface area contributed by atoms with E-state index in [1.165, 1.54) is 24.6 Å². The van der Waals surface area contributed by atoms with Gasteiger partial charge < -0.3 is 20.9 Å². The molecule has 0 aliphatic carbocycles. The van der Waals surface area contributed by atoms with E-state index >= 15 is 0 Å². The molecular formula is C21H41F3N2O2. The van der Waals surface area contributed by atoms with Gasteiger partial charge >= 0.3 is 0 Å². The molecule has 1 atom stereocenters. The second-order valence-electron chi connectivity index (χ2n) is 4.83. The molecule has 0 bridgehead atoms. The summed E-state index contributed by atoms with van der Waals surface area (Å²) in [7, 11) is 1.65. The molecule has 28 heavy (non-hydrogen) atoms. The van der Waals surface area contributed by atoms with Gasteiger partial charge in [-0.25, -0.2) is 0 Å². The van der Waals surface area contributed by atoms with E-state index in [-0.39, 0.29) is 19.0 Å². The smallest absolute Gasteiger partial charge is 0.288 e. The van der Waals surface area contributed by atoms with Gasteiger partial charge in [0.2, 0.25) is 0 Å². The number of methoxy groups -OCH3 is 1. The van der Waals surface area contributed by atoms with Gasteiger partial charge in [-0.1, -0.05) is 40.0 Å². The highest BCUT2D eigenvalue weighted by atomic mass is 19.3. The van der Waals surface area contributed by atoms with Gasteiger partial charge in [0.15, 0.2) is 0 Å². The molecule has 0 radical (unpaired) electrons. The lowest BCUT2D eigenvalue weighted by Gasteiger charge is -2.22. The van der Waals surface area contributed by atoms with Crippen LogP contribution in [0.3, 0.4) is 0 Å². The highest BCUT2D eigenvalue weighted by Crippen LogP contribution is 2.23. The molecule has 1 unspecified atom stereocenters. The summed E-state index contributed by atoms with van der Waals surface area (Å²) in [5.41, 5.74) is 11.9. The maximum absolute atomic E-state index is 13.0. The molecule has 4 nitrogen and oxygen atoms in total. The average molecular weight is 411 g/mol. The summed E-state index contributed by atoms with van der Waals surface area (Å²) in [6.07, 6.45) is 4.20. The van der Waals surface area contributed by atoms with Gasteiger partial charge in [0.25, 0.3) is 5.92 Å². The van der Waals surface area contributed by atoms with Crippen LogP contribution in [0.15, 0.2) is 48.5 Å². The van der Waals surface area contributed by atoms with E-state index in [1.807, 2.05) is 20.8 Å². The van der Waals surface area contributed by atoms with Gasteiger partial charge in [0.1, 0.15) is 17.6 Å². The fourth-order valence-corrected chi connectivity index (χ4v) is 1.47. The molecule has 0 aromatic rings. The Morgan fingerprint density at radius 3 is 1.86 bits per heavy atom. The van der Waals surface area contributed by atoms with Crippen molar-refractivity contribution >= 4 is 0 Å². The molecule has 7 heteroatoms. The SMILES string of the molecule is C=C/C=C(\OCC)C(N)C(F)(F)C=C.CC.CC/C(C)=C(/CN)OC.CCF. The Balaban J connectivity index is -0.000000176. The highest BCUT2D eigenvalue weighted by molar-refractivity contribution is 5.16. The third-order valence-corrected chi connectivity index (χ3v) is 3.02. The lowest BCUT2D eigenvalue weighted by molar-refractivity contribution is 0.0175. The van der Waals surface area contributed by atoms with Crippen LogP contribution < -0.4 is 11.5 Å². The van der Waals surface area contributed by atoms with E-state index in [0.29, 0.717) is 12.6 Å². The monoisotopic (exact) mass is 410 g/mol. The van der Waals surface area contributed by atoms with E-state index in [9.17, 15) is 13.2 Å². The summed E-state index contributed by atoms with van der Waals surface area (Å²) in [6.45, 7) is 18.2. The molecule has 0 saturated heterocycles. The van der Waals surface area contributed by atoms with E-state index in [2.05, 4.69) is 20.1 Å². The van der Waals surface area contributed by atoms with Crippen molar-refractivity contribution in [3.63, 3.8) is 0 Å². The molecule has 0 aromatic heterocycles. The first-order chi connectivity index (χ1) is 13.2. The van der Waals surface area contributed by atoms with E-state index < -0.39 is 12.0 Å². The van der Waals surface area contributed by atoms with Crippen LogP contribution in [0.1, 0.15) is 48.0 Å². The zero-order valence-corrected chi connectivity index (χ0v) is 18.7. The van der Waals surface area contributed by atoms with Crippen molar-refractivity contribution in [2.75, 3.05) is 26.9 Å². The van der Waals surface area contributed by atoms with Crippen LogP contribution in [-0.2, 0) is 9.47 Å². The normalized spacial score (nSPS) is 12.4. The molecule has 0 aliphatic rings. The minimum Gasteiger partial charge on any atom is -0.500 e. The number of ether oxygens (including phenoxy) is 2. The second kappa shape index (κ2) is 23.3. The van der Waals surface area contributed by atoms with Gasteiger partial charge in [-0.3, -0.25) is 4.39 Å². The minimum absolute atomic E-state index is 0.00685. The van der Waals surface area contributed by atoms with E-state index in [4.69, 9.17) is 20.9 Å². The van der Waals surface area contributed by atoms with Gasteiger partial charge in [-0.05, 0) is 44.9 Å². The largest absolute Gasteiger partial charge is 0.500 e. The molecule has 0 saturated carbocycles. The van der Waals surface area contributed by atoms with Crippen LogP contribution in [0.2, 0.25) is 0 Å². The summed E-state index contributed by atoms with van der Waals surface area (Å²) in [5, 5.41) is 0. The third-order valence-electron chi connectivity index (χ3n) is 3.02. The van der Waals surface area contributed by atoms with Crippen LogP contribution in [0.4, 0.5) is 13.2 Å². The number of hydrogen-bond donors (Lipinski definition) is 2. The quantitative estimate of drug-likeness (QED) is 0.298. The molecule has 168 valence electrons. The lowest BCUT2D eigenvalue weighted by Crippen LogP contribution is -2.41. The van der Waals surface area contributed by atoms with Gasteiger partial charge in [0, 0.05) is 0 Å². The Hall–Kier alpha value is -1.73. The maximum atomic E-state index is 13.0. The zero-order valence-electron chi connectivity index (χ0n) is 18.7. The summed E-state index contributed by atoms with van der Waals surface area (Å²) in [6, 6.07) is -1.52. The van der Waals surface area contributed by atoms with Crippen molar-refractivity contribution in [3.05, 3.63) is 48.5 Å². The number of rotatable bonds is 9. The summed E-state index contributed by atoms with van der Waals surface area (Å²) < 4.78 is 46.4. The van der Waals surface area contributed by atoms with Crippen molar-refractivity contribution in [2.45, 2.75) is 59.9 Å². The van der Waals surface area contributed by atoms with Crippen LogP contribution >= 0.6 is 0 Å². The maximum Gasteiger partial charge on any atom is 0.288 e. The van der Waals surface area contributed by atoms with Crippen LogP contribution in [-0.4, -0.2) is 38.9 Å². The molecule has 0 fully saturated rings. The number of hydrogen-bond acceptors (Lipinski definition) is 4. The number of halogens is 3. The summed E-state index contributed by atoms with van der Waals surface area (Å²) in [4.78, 5) is 0. The van der Waals surface area contributed by atoms with Gasteiger partial charge in [0.05, 0.1) is 26.9 Å². The number of allylic oxidation sites excluding steroid dienone is 3. The highest BCUT2D eigenvalue weighted by Gasteiger charge is 2.36. The first-order valence-corrected chi connectivity index (χ1v) is 9.37. The topological polar surface area (TPSA) is 70.5 Å². The fourth-order valence-electron chi connectivity index (χ4n) is 1.47. The Kier molecular flexibility index (Phi) is 28.2. The Morgan fingerprint density at radius 2 is 1.64 bits per heavy atom. The van der Waals surface area contributed by atoms with Crippen molar-refractivity contribution in [1.29, 1.82) is 0 Å².